The molecule has 0 bridgehead atoms. The summed E-state index contributed by atoms with van der Waals surface area (Å²) >= 11 is 0. The predicted molar refractivity (Wildman–Crippen MR) is 62.1 cm³/mol. The molecule has 0 unspecified atom stereocenters. The summed E-state index contributed by atoms with van der Waals surface area (Å²) in [5.41, 5.74) is 5.84. The third-order valence-corrected chi connectivity index (χ3v) is 2.37. The molecule has 0 aliphatic carbocycles. The van der Waals surface area contributed by atoms with E-state index in [1.54, 1.807) is 10.9 Å². The van der Waals surface area contributed by atoms with Crippen molar-refractivity contribution in [2.75, 3.05) is 6.54 Å². The summed E-state index contributed by atoms with van der Waals surface area (Å²) in [6, 6.07) is 0. The van der Waals surface area contributed by atoms with E-state index in [1.165, 1.54) is 0 Å². The van der Waals surface area contributed by atoms with E-state index in [0.717, 1.165) is 12.8 Å². The largest absolute Gasteiger partial charge is 0.329 e. The van der Waals surface area contributed by atoms with E-state index in [-0.39, 0.29) is 5.78 Å². The van der Waals surface area contributed by atoms with Gasteiger partial charge in [0, 0.05) is 13.0 Å². The van der Waals surface area contributed by atoms with E-state index in [0.29, 0.717) is 31.1 Å². The first-order valence-electron chi connectivity index (χ1n) is 5.77. The fourth-order valence-corrected chi connectivity index (χ4v) is 1.47. The topological polar surface area (TPSA) is 73.8 Å². The van der Waals surface area contributed by atoms with Gasteiger partial charge in [0.15, 0.2) is 5.78 Å². The zero-order valence-corrected chi connectivity index (χ0v) is 10.0. The molecule has 0 spiro atoms. The summed E-state index contributed by atoms with van der Waals surface area (Å²) in [4.78, 5) is 11.7. The number of nitrogens with zero attached hydrogens (tertiary/aromatic N) is 3. The molecule has 0 radical (unpaired) electrons. The van der Waals surface area contributed by atoms with Gasteiger partial charge in [0.25, 0.3) is 0 Å². The van der Waals surface area contributed by atoms with Crippen molar-refractivity contribution in [3.8, 4) is 0 Å². The highest BCUT2D eigenvalue weighted by molar-refractivity contribution is 5.93. The van der Waals surface area contributed by atoms with Crippen LogP contribution in [0.15, 0.2) is 6.20 Å². The third-order valence-electron chi connectivity index (χ3n) is 2.37. The van der Waals surface area contributed by atoms with Crippen molar-refractivity contribution in [1.29, 1.82) is 0 Å². The number of hydrogen-bond acceptors (Lipinski definition) is 4. The Labute approximate surface area is 96.0 Å². The molecule has 2 N–H and O–H groups in total. The van der Waals surface area contributed by atoms with Crippen LogP contribution < -0.4 is 5.73 Å². The Morgan fingerprint density at radius 1 is 1.56 bits per heavy atom. The molecule has 1 aromatic rings. The maximum absolute atomic E-state index is 11.7. The minimum absolute atomic E-state index is 0.0731. The molecule has 16 heavy (non-hydrogen) atoms. The number of hydrogen-bond donors (Lipinski definition) is 1. The van der Waals surface area contributed by atoms with E-state index in [4.69, 9.17) is 5.73 Å². The number of rotatable bonds is 7. The lowest BCUT2D eigenvalue weighted by Gasteiger charge is -2.01. The van der Waals surface area contributed by atoms with Gasteiger partial charge in [0.05, 0.1) is 12.7 Å². The molecule has 0 amide bonds. The average molecular weight is 224 g/mol. The van der Waals surface area contributed by atoms with E-state index in [1.807, 2.05) is 0 Å². The van der Waals surface area contributed by atoms with E-state index >= 15 is 0 Å². The van der Waals surface area contributed by atoms with Crippen LogP contribution in [0.3, 0.4) is 0 Å². The molecule has 5 heteroatoms. The van der Waals surface area contributed by atoms with Crippen molar-refractivity contribution in [1.82, 2.24) is 15.0 Å². The molecule has 0 saturated carbocycles. The highest BCUT2D eigenvalue weighted by Crippen LogP contribution is 2.09. The minimum atomic E-state index is 0.0731. The van der Waals surface area contributed by atoms with Crippen molar-refractivity contribution in [2.24, 2.45) is 11.7 Å². The third kappa shape index (κ3) is 4.10. The Hall–Kier alpha value is -1.23. The first-order valence-corrected chi connectivity index (χ1v) is 5.77. The summed E-state index contributed by atoms with van der Waals surface area (Å²) in [7, 11) is 0. The van der Waals surface area contributed by atoms with Crippen molar-refractivity contribution < 1.29 is 4.79 Å². The van der Waals surface area contributed by atoms with Crippen LogP contribution in [0, 0.1) is 5.92 Å². The van der Waals surface area contributed by atoms with Crippen LogP contribution >= 0.6 is 0 Å². The zero-order chi connectivity index (χ0) is 12.0. The van der Waals surface area contributed by atoms with Crippen molar-refractivity contribution >= 4 is 5.78 Å². The van der Waals surface area contributed by atoms with E-state index in [9.17, 15) is 4.79 Å². The highest BCUT2D eigenvalue weighted by atomic mass is 16.1. The molecular weight excluding hydrogens is 204 g/mol. The van der Waals surface area contributed by atoms with Crippen LogP contribution in [0.1, 0.15) is 43.6 Å². The highest BCUT2D eigenvalue weighted by Gasteiger charge is 2.10. The lowest BCUT2D eigenvalue weighted by Crippen LogP contribution is -2.10. The smallest absolute Gasteiger partial charge is 0.184 e. The van der Waals surface area contributed by atoms with Gasteiger partial charge in [-0.05, 0) is 12.3 Å². The maximum atomic E-state index is 11.7. The van der Waals surface area contributed by atoms with Gasteiger partial charge >= 0.3 is 0 Å². The van der Waals surface area contributed by atoms with Crippen LogP contribution in [0.5, 0.6) is 0 Å². The van der Waals surface area contributed by atoms with Crippen LogP contribution in [0.25, 0.3) is 0 Å². The van der Waals surface area contributed by atoms with E-state index < -0.39 is 0 Å². The maximum Gasteiger partial charge on any atom is 0.184 e. The molecule has 1 rings (SSSR count). The number of Topliss-reactive ketones (excluding diaryl/α,β-unsaturated/α-hetero) is 1. The van der Waals surface area contributed by atoms with Gasteiger partial charge in [-0.3, -0.25) is 9.48 Å². The SMILES string of the molecule is CC(C)CCCC(=O)c1cn(CCN)nn1. The lowest BCUT2D eigenvalue weighted by atomic mass is 10.0. The van der Waals surface area contributed by atoms with E-state index in [2.05, 4.69) is 24.2 Å². The van der Waals surface area contributed by atoms with Gasteiger partial charge in [0.1, 0.15) is 5.69 Å². The van der Waals surface area contributed by atoms with Gasteiger partial charge in [0.2, 0.25) is 0 Å². The summed E-state index contributed by atoms with van der Waals surface area (Å²) < 4.78 is 1.61. The predicted octanol–water partition coefficient (Wildman–Crippen LogP) is 1.25. The fourth-order valence-electron chi connectivity index (χ4n) is 1.47. The van der Waals surface area contributed by atoms with Gasteiger partial charge < -0.3 is 5.73 Å². The first kappa shape index (κ1) is 12.8. The van der Waals surface area contributed by atoms with Crippen LogP contribution in [0.2, 0.25) is 0 Å². The molecule has 0 fully saturated rings. The molecular formula is C11H20N4O. The van der Waals surface area contributed by atoms with Gasteiger partial charge in [-0.2, -0.15) is 0 Å². The molecule has 0 aromatic carbocycles. The number of carbonyl (C=O) groups excluding carboxylic acids is 1. The molecule has 1 aromatic heterocycles. The summed E-state index contributed by atoms with van der Waals surface area (Å²) in [5, 5.41) is 7.68. The summed E-state index contributed by atoms with van der Waals surface area (Å²) in [6.45, 7) is 5.42. The normalized spacial score (nSPS) is 11.0. The molecule has 90 valence electrons. The second kappa shape index (κ2) is 6.37. The second-order valence-electron chi connectivity index (χ2n) is 4.36. The number of ketones is 1. The van der Waals surface area contributed by atoms with Gasteiger partial charge in [-0.25, -0.2) is 0 Å². The molecule has 0 saturated heterocycles. The Morgan fingerprint density at radius 3 is 2.94 bits per heavy atom. The van der Waals surface area contributed by atoms with Crippen molar-refractivity contribution in [3.63, 3.8) is 0 Å². The first-order chi connectivity index (χ1) is 7.63. The average Bonchev–Trinajstić information content (AvgIpc) is 2.66. The van der Waals surface area contributed by atoms with Crippen LogP contribution in [-0.4, -0.2) is 27.3 Å². The second-order valence-corrected chi connectivity index (χ2v) is 4.36. The number of aromatic nitrogens is 3. The Balaban J connectivity index is 2.40. The van der Waals surface area contributed by atoms with Gasteiger partial charge in [-0.15, -0.1) is 5.10 Å². The van der Waals surface area contributed by atoms with Crippen LogP contribution in [-0.2, 0) is 6.54 Å². The Bertz CT molecular complexity index is 332. The molecule has 0 aliphatic heterocycles. The van der Waals surface area contributed by atoms with Crippen LogP contribution in [0.4, 0.5) is 0 Å². The summed E-state index contributed by atoms with van der Waals surface area (Å²) in [5.74, 6) is 0.713. The lowest BCUT2D eigenvalue weighted by molar-refractivity contribution is 0.0973. The minimum Gasteiger partial charge on any atom is -0.329 e. The standard InChI is InChI=1S/C11H20N4O/c1-9(2)4-3-5-11(16)10-8-15(7-6-12)14-13-10/h8-9H,3-7,12H2,1-2H3. The van der Waals surface area contributed by atoms with Crippen molar-refractivity contribution in [3.05, 3.63) is 11.9 Å². The molecule has 1 heterocycles. The molecule has 0 aliphatic rings. The number of carbonyl (C=O) groups is 1. The number of nitrogens with two attached hydrogens (primary N) is 1. The zero-order valence-electron chi connectivity index (χ0n) is 10.0. The summed E-state index contributed by atoms with van der Waals surface area (Å²) in [6.07, 6.45) is 4.22. The molecule has 0 atom stereocenters. The monoisotopic (exact) mass is 224 g/mol. The van der Waals surface area contributed by atoms with Gasteiger partial charge in [-0.1, -0.05) is 25.5 Å². The Kier molecular flexibility index (Phi) is 5.11. The molecule has 5 nitrogen and oxygen atoms in total. The Morgan fingerprint density at radius 2 is 2.31 bits per heavy atom. The quantitative estimate of drug-likeness (QED) is 0.707. The van der Waals surface area contributed by atoms with Crippen molar-refractivity contribution in [2.45, 2.75) is 39.7 Å². The fraction of sp³-hybridized carbons (Fsp3) is 0.727.